The van der Waals surface area contributed by atoms with Crippen LogP contribution in [0.15, 0.2) is 54.7 Å². The maximum absolute atomic E-state index is 5.96. The number of rotatable bonds is 7. The van der Waals surface area contributed by atoms with Crippen LogP contribution in [0.5, 0.6) is 5.75 Å². The van der Waals surface area contributed by atoms with E-state index in [9.17, 15) is 0 Å². The molecular weight excluding hydrogens is 252 g/mol. The van der Waals surface area contributed by atoms with Gasteiger partial charge in [-0.3, -0.25) is 4.98 Å². The van der Waals surface area contributed by atoms with Crippen molar-refractivity contribution in [1.82, 2.24) is 4.98 Å². The van der Waals surface area contributed by atoms with Crippen molar-refractivity contribution in [2.24, 2.45) is 5.73 Å². The summed E-state index contributed by atoms with van der Waals surface area (Å²) in [5, 5.41) is 0. The van der Waals surface area contributed by atoms with Crippen molar-refractivity contribution in [1.29, 1.82) is 0 Å². The normalized spacial score (nSPS) is 13.7. The molecule has 4 heteroatoms. The van der Waals surface area contributed by atoms with Crippen molar-refractivity contribution in [2.75, 3.05) is 13.2 Å². The molecule has 1 aromatic carbocycles. The Kier molecular flexibility index (Phi) is 5.53. The van der Waals surface area contributed by atoms with Gasteiger partial charge in [0.05, 0.1) is 12.3 Å². The lowest BCUT2D eigenvalue weighted by molar-refractivity contribution is 0.0184. The Balaban J connectivity index is 1.82. The number of hydrogen-bond donors (Lipinski definition) is 1. The Bertz CT molecular complexity index is 488. The molecule has 0 aliphatic rings. The Morgan fingerprint density at radius 3 is 2.45 bits per heavy atom. The van der Waals surface area contributed by atoms with Gasteiger partial charge in [-0.1, -0.05) is 24.3 Å². The highest BCUT2D eigenvalue weighted by atomic mass is 16.5. The van der Waals surface area contributed by atoms with Crippen molar-refractivity contribution >= 4 is 0 Å². The summed E-state index contributed by atoms with van der Waals surface area (Å²) < 4.78 is 11.4. The average molecular weight is 272 g/mol. The van der Waals surface area contributed by atoms with Crippen molar-refractivity contribution in [3.05, 3.63) is 60.4 Å². The van der Waals surface area contributed by atoms with Crippen LogP contribution in [0.4, 0.5) is 0 Å². The van der Waals surface area contributed by atoms with Gasteiger partial charge in [-0.25, -0.2) is 0 Å². The zero-order valence-corrected chi connectivity index (χ0v) is 11.6. The summed E-state index contributed by atoms with van der Waals surface area (Å²) >= 11 is 0. The Hall–Kier alpha value is -1.91. The van der Waals surface area contributed by atoms with E-state index in [0.29, 0.717) is 13.2 Å². The van der Waals surface area contributed by atoms with Crippen LogP contribution in [0.2, 0.25) is 0 Å². The molecule has 1 aromatic heterocycles. The largest absolute Gasteiger partial charge is 0.491 e. The van der Waals surface area contributed by atoms with E-state index in [0.717, 1.165) is 11.4 Å². The van der Waals surface area contributed by atoms with Crippen LogP contribution < -0.4 is 10.5 Å². The number of nitrogens with zero attached hydrogens (tertiary/aromatic N) is 1. The topological polar surface area (TPSA) is 57.4 Å². The maximum Gasteiger partial charge on any atom is 0.119 e. The molecule has 0 radical (unpaired) electrons. The molecule has 0 aliphatic carbocycles. The minimum atomic E-state index is -0.212. The van der Waals surface area contributed by atoms with Crippen LogP contribution in [0.25, 0.3) is 0 Å². The molecule has 2 unspecified atom stereocenters. The van der Waals surface area contributed by atoms with E-state index >= 15 is 0 Å². The van der Waals surface area contributed by atoms with E-state index in [1.165, 1.54) is 0 Å². The second-order valence-electron chi connectivity index (χ2n) is 4.57. The molecule has 0 spiro atoms. The number of pyridine rings is 1. The quantitative estimate of drug-likeness (QED) is 0.787. The summed E-state index contributed by atoms with van der Waals surface area (Å²) in [7, 11) is 0. The SMILES string of the molecule is CC(N)C(OCCOc1ccccc1)c1ccccn1. The fraction of sp³-hybridized carbons (Fsp3) is 0.312. The lowest BCUT2D eigenvalue weighted by Crippen LogP contribution is -2.28. The molecule has 0 saturated heterocycles. The van der Waals surface area contributed by atoms with Gasteiger partial charge in [0.1, 0.15) is 18.5 Å². The zero-order valence-electron chi connectivity index (χ0n) is 11.6. The molecule has 1 heterocycles. The minimum absolute atomic E-state index is 0.123. The molecule has 2 rings (SSSR count). The van der Waals surface area contributed by atoms with Crippen molar-refractivity contribution in [2.45, 2.75) is 19.1 Å². The molecule has 0 bridgehead atoms. The van der Waals surface area contributed by atoms with Crippen LogP contribution in [0.3, 0.4) is 0 Å². The lowest BCUT2D eigenvalue weighted by Gasteiger charge is -2.21. The molecule has 0 saturated carbocycles. The van der Waals surface area contributed by atoms with Gasteiger partial charge in [0.25, 0.3) is 0 Å². The minimum Gasteiger partial charge on any atom is -0.491 e. The van der Waals surface area contributed by atoms with Gasteiger partial charge in [-0.2, -0.15) is 0 Å². The van der Waals surface area contributed by atoms with Crippen molar-refractivity contribution in [3.63, 3.8) is 0 Å². The highest BCUT2D eigenvalue weighted by Crippen LogP contribution is 2.17. The first-order valence-corrected chi connectivity index (χ1v) is 6.73. The molecule has 2 N–H and O–H groups in total. The molecule has 106 valence electrons. The summed E-state index contributed by atoms with van der Waals surface area (Å²) in [5.74, 6) is 0.839. The molecule has 0 fully saturated rings. The predicted molar refractivity (Wildman–Crippen MR) is 78.5 cm³/mol. The Morgan fingerprint density at radius 2 is 1.80 bits per heavy atom. The van der Waals surface area contributed by atoms with Gasteiger partial charge in [0, 0.05) is 12.2 Å². The van der Waals surface area contributed by atoms with Gasteiger partial charge >= 0.3 is 0 Å². The fourth-order valence-electron chi connectivity index (χ4n) is 1.90. The van der Waals surface area contributed by atoms with E-state index in [-0.39, 0.29) is 12.1 Å². The molecular formula is C16H20N2O2. The van der Waals surface area contributed by atoms with Gasteiger partial charge < -0.3 is 15.2 Å². The van der Waals surface area contributed by atoms with Crippen LogP contribution in [-0.2, 0) is 4.74 Å². The van der Waals surface area contributed by atoms with Crippen LogP contribution in [0, 0.1) is 0 Å². The smallest absolute Gasteiger partial charge is 0.119 e. The second-order valence-corrected chi connectivity index (χ2v) is 4.57. The molecule has 4 nitrogen and oxygen atoms in total. The van der Waals surface area contributed by atoms with E-state index < -0.39 is 0 Å². The Labute approximate surface area is 119 Å². The first-order chi connectivity index (χ1) is 9.77. The number of ether oxygens (including phenoxy) is 2. The number of benzene rings is 1. The first-order valence-electron chi connectivity index (χ1n) is 6.73. The van der Waals surface area contributed by atoms with Crippen molar-refractivity contribution < 1.29 is 9.47 Å². The number of nitrogens with two attached hydrogens (primary N) is 1. The number of aromatic nitrogens is 1. The molecule has 20 heavy (non-hydrogen) atoms. The first kappa shape index (κ1) is 14.5. The second kappa shape index (κ2) is 7.62. The van der Waals surface area contributed by atoms with Gasteiger partial charge in [-0.15, -0.1) is 0 Å². The third-order valence-corrected chi connectivity index (χ3v) is 2.85. The molecule has 0 amide bonds. The lowest BCUT2D eigenvalue weighted by atomic mass is 10.1. The molecule has 2 atom stereocenters. The van der Waals surface area contributed by atoms with Crippen molar-refractivity contribution in [3.8, 4) is 5.75 Å². The summed E-state index contributed by atoms with van der Waals surface area (Å²) in [5.41, 5.74) is 6.81. The monoisotopic (exact) mass is 272 g/mol. The third-order valence-electron chi connectivity index (χ3n) is 2.85. The summed E-state index contributed by atoms with van der Waals surface area (Å²) in [6.45, 7) is 2.87. The van der Waals surface area contributed by atoms with Gasteiger partial charge in [-0.05, 0) is 31.2 Å². The Morgan fingerprint density at radius 1 is 1.05 bits per heavy atom. The molecule has 0 aliphatic heterocycles. The van der Waals surface area contributed by atoms with Crippen LogP contribution in [-0.4, -0.2) is 24.2 Å². The molecule has 2 aromatic rings. The summed E-state index contributed by atoms with van der Waals surface area (Å²) in [6, 6.07) is 15.3. The number of para-hydroxylation sites is 1. The van der Waals surface area contributed by atoms with Gasteiger partial charge in [0.15, 0.2) is 0 Å². The van der Waals surface area contributed by atoms with E-state index in [1.54, 1.807) is 6.20 Å². The zero-order chi connectivity index (χ0) is 14.2. The van der Waals surface area contributed by atoms with Gasteiger partial charge in [0.2, 0.25) is 0 Å². The highest BCUT2D eigenvalue weighted by Gasteiger charge is 2.17. The number of hydrogen-bond acceptors (Lipinski definition) is 4. The van der Waals surface area contributed by atoms with E-state index in [1.807, 2.05) is 55.5 Å². The fourth-order valence-corrected chi connectivity index (χ4v) is 1.90. The summed E-state index contributed by atoms with van der Waals surface area (Å²) in [4.78, 5) is 4.29. The van der Waals surface area contributed by atoms with E-state index in [2.05, 4.69) is 4.98 Å². The predicted octanol–water partition coefficient (Wildman–Crippen LogP) is 2.57. The van der Waals surface area contributed by atoms with Crippen LogP contribution >= 0.6 is 0 Å². The van der Waals surface area contributed by atoms with E-state index in [4.69, 9.17) is 15.2 Å². The highest BCUT2D eigenvalue weighted by molar-refractivity contribution is 5.20. The third kappa shape index (κ3) is 4.33. The van der Waals surface area contributed by atoms with Crippen LogP contribution in [0.1, 0.15) is 18.7 Å². The maximum atomic E-state index is 5.96. The summed E-state index contributed by atoms with van der Waals surface area (Å²) in [6.07, 6.45) is 1.53. The average Bonchev–Trinajstić information content (AvgIpc) is 2.49. The standard InChI is InChI=1S/C16H20N2O2/c1-13(17)16(15-9-5-6-10-18-15)20-12-11-19-14-7-3-2-4-8-14/h2-10,13,16H,11-12,17H2,1H3.